The largest absolute Gasteiger partial charge is 0.352 e. The SMILES string of the molecule is Cc1ccn(-c2ccc(N3CCN(C(=O)C4CC(=O)N(c5ccccc5)C4)CC3)nn2)n1. The van der Waals surface area contributed by atoms with Gasteiger partial charge in [-0.3, -0.25) is 9.59 Å². The van der Waals surface area contributed by atoms with Gasteiger partial charge in [0.1, 0.15) is 0 Å². The molecule has 5 rings (SSSR count). The van der Waals surface area contributed by atoms with Gasteiger partial charge in [-0.15, -0.1) is 10.2 Å². The van der Waals surface area contributed by atoms with E-state index >= 15 is 0 Å². The Hall–Kier alpha value is -3.75. The van der Waals surface area contributed by atoms with Crippen LogP contribution in [0.4, 0.5) is 11.5 Å². The summed E-state index contributed by atoms with van der Waals surface area (Å²) in [5.74, 6) is 1.24. The van der Waals surface area contributed by atoms with Crippen LogP contribution in [0, 0.1) is 12.8 Å². The number of aryl methyl sites for hydroxylation is 1. The summed E-state index contributed by atoms with van der Waals surface area (Å²) in [6, 6.07) is 15.3. The van der Waals surface area contributed by atoms with E-state index < -0.39 is 0 Å². The number of benzene rings is 1. The van der Waals surface area contributed by atoms with Crippen LogP contribution in [0.15, 0.2) is 54.7 Å². The lowest BCUT2D eigenvalue weighted by Crippen LogP contribution is -2.51. The van der Waals surface area contributed by atoms with Gasteiger partial charge in [0, 0.05) is 51.0 Å². The Morgan fingerprint density at radius 1 is 0.938 bits per heavy atom. The van der Waals surface area contributed by atoms with Crippen LogP contribution in [0.1, 0.15) is 12.1 Å². The fourth-order valence-corrected chi connectivity index (χ4v) is 4.30. The van der Waals surface area contributed by atoms with Crippen LogP contribution in [0.2, 0.25) is 0 Å². The van der Waals surface area contributed by atoms with Gasteiger partial charge in [-0.25, -0.2) is 4.68 Å². The van der Waals surface area contributed by atoms with Crippen molar-refractivity contribution >= 4 is 23.3 Å². The summed E-state index contributed by atoms with van der Waals surface area (Å²) in [5, 5.41) is 13.0. The van der Waals surface area contributed by atoms with E-state index in [0.29, 0.717) is 38.5 Å². The Kier molecular flexibility index (Phi) is 5.30. The number of aromatic nitrogens is 4. The second-order valence-corrected chi connectivity index (χ2v) is 8.20. The first-order valence-electron chi connectivity index (χ1n) is 10.8. The third kappa shape index (κ3) is 3.93. The Bertz CT molecular complexity index is 1100. The number of rotatable bonds is 4. The van der Waals surface area contributed by atoms with Gasteiger partial charge in [0.2, 0.25) is 11.8 Å². The summed E-state index contributed by atoms with van der Waals surface area (Å²) in [4.78, 5) is 31.2. The molecule has 1 unspecified atom stereocenters. The number of carbonyl (C=O) groups is 2. The Balaban J connectivity index is 1.18. The highest BCUT2D eigenvalue weighted by atomic mass is 16.2. The number of carbonyl (C=O) groups excluding carboxylic acids is 2. The van der Waals surface area contributed by atoms with Crippen LogP contribution in [-0.2, 0) is 9.59 Å². The fourth-order valence-electron chi connectivity index (χ4n) is 4.30. The lowest BCUT2D eigenvalue weighted by molar-refractivity contribution is -0.136. The molecule has 4 heterocycles. The molecule has 2 saturated heterocycles. The van der Waals surface area contributed by atoms with Crippen molar-refractivity contribution in [2.24, 2.45) is 5.92 Å². The first-order valence-corrected chi connectivity index (χ1v) is 10.8. The molecule has 2 aromatic heterocycles. The summed E-state index contributed by atoms with van der Waals surface area (Å²) in [6.07, 6.45) is 2.13. The summed E-state index contributed by atoms with van der Waals surface area (Å²) < 4.78 is 1.70. The van der Waals surface area contributed by atoms with E-state index in [2.05, 4.69) is 20.2 Å². The molecular formula is C23H25N7O2. The first kappa shape index (κ1) is 20.2. The highest BCUT2D eigenvalue weighted by Crippen LogP contribution is 2.26. The smallest absolute Gasteiger partial charge is 0.228 e. The molecule has 164 valence electrons. The molecule has 9 nitrogen and oxygen atoms in total. The lowest BCUT2D eigenvalue weighted by Gasteiger charge is -2.36. The molecule has 32 heavy (non-hydrogen) atoms. The van der Waals surface area contributed by atoms with Gasteiger partial charge in [-0.1, -0.05) is 18.2 Å². The minimum atomic E-state index is -0.286. The van der Waals surface area contributed by atoms with Gasteiger partial charge >= 0.3 is 0 Å². The van der Waals surface area contributed by atoms with Crippen molar-refractivity contribution in [1.29, 1.82) is 0 Å². The minimum Gasteiger partial charge on any atom is -0.352 e. The zero-order chi connectivity index (χ0) is 22.1. The number of amides is 2. The molecule has 0 spiro atoms. The molecule has 0 bridgehead atoms. The molecule has 2 fully saturated rings. The van der Waals surface area contributed by atoms with Crippen LogP contribution in [0.3, 0.4) is 0 Å². The number of piperazine rings is 1. The topological polar surface area (TPSA) is 87.5 Å². The molecule has 0 saturated carbocycles. The average molecular weight is 432 g/mol. The molecule has 3 aromatic rings. The van der Waals surface area contributed by atoms with Crippen molar-refractivity contribution in [1.82, 2.24) is 24.9 Å². The normalized spacial score (nSPS) is 19.0. The molecule has 0 N–H and O–H groups in total. The molecular weight excluding hydrogens is 406 g/mol. The van der Waals surface area contributed by atoms with Gasteiger partial charge in [-0.2, -0.15) is 5.10 Å². The van der Waals surface area contributed by atoms with Gasteiger partial charge < -0.3 is 14.7 Å². The lowest BCUT2D eigenvalue weighted by atomic mass is 10.1. The number of anilines is 2. The highest BCUT2D eigenvalue weighted by Gasteiger charge is 2.38. The van der Waals surface area contributed by atoms with Gasteiger partial charge in [0.25, 0.3) is 0 Å². The zero-order valence-corrected chi connectivity index (χ0v) is 18.0. The standard InChI is InChI=1S/C23H25N7O2/c1-17-9-10-30(26-17)21-8-7-20(24-25-21)27-11-13-28(14-12-27)23(32)18-15-22(31)29(16-18)19-5-3-2-4-6-19/h2-10,18H,11-16H2,1H3. The molecule has 0 radical (unpaired) electrons. The zero-order valence-electron chi connectivity index (χ0n) is 18.0. The molecule has 2 amide bonds. The number of hydrogen-bond acceptors (Lipinski definition) is 6. The molecule has 9 heteroatoms. The highest BCUT2D eigenvalue weighted by molar-refractivity contribution is 6.00. The van der Waals surface area contributed by atoms with E-state index in [1.807, 2.05) is 66.6 Å². The van der Waals surface area contributed by atoms with Crippen LogP contribution in [0.25, 0.3) is 5.82 Å². The average Bonchev–Trinajstić information content (AvgIpc) is 3.45. The van der Waals surface area contributed by atoms with Gasteiger partial charge in [-0.05, 0) is 37.3 Å². The number of hydrogen-bond donors (Lipinski definition) is 0. The van der Waals surface area contributed by atoms with Gasteiger partial charge in [0.15, 0.2) is 11.6 Å². The van der Waals surface area contributed by atoms with E-state index in [9.17, 15) is 9.59 Å². The molecule has 2 aliphatic rings. The van der Waals surface area contributed by atoms with Crippen molar-refractivity contribution in [3.63, 3.8) is 0 Å². The summed E-state index contributed by atoms with van der Waals surface area (Å²) >= 11 is 0. The second kappa shape index (κ2) is 8.41. The Labute approximate surface area is 186 Å². The van der Waals surface area contributed by atoms with Gasteiger partial charge in [0.05, 0.1) is 11.6 Å². The van der Waals surface area contributed by atoms with E-state index in [0.717, 1.165) is 17.2 Å². The van der Waals surface area contributed by atoms with Crippen molar-refractivity contribution in [3.8, 4) is 5.82 Å². The van der Waals surface area contributed by atoms with E-state index in [1.54, 1.807) is 9.58 Å². The number of para-hydroxylation sites is 1. The van der Waals surface area contributed by atoms with Crippen molar-refractivity contribution in [2.75, 3.05) is 42.5 Å². The van der Waals surface area contributed by atoms with Crippen molar-refractivity contribution < 1.29 is 9.59 Å². The molecule has 1 aromatic carbocycles. The minimum absolute atomic E-state index is 0.0101. The van der Waals surface area contributed by atoms with Crippen LogP contribution in [0.5, 0.6) is 0 Å². The molecule has 0 aliphatic carbocycles. The third-order valence-electron chi connectivity index (χ3n) is 6.05. The van der Waals surface area contributed by atoms with E-state index in [1.165, 1.54) is 0 Å². The summed E-state index contributed by atoms with van der Waals surface area (Å²) in [5.41, 5.74) is 1.78. The fraction of sp³-hybridized carbons (Fsp3) is 0.348. The van der Waals surface area contributed by atoms with E-state index in [4.69, 9.17) is 0 Å². The Morgan fingerprint density at radius 3 is 2.31 bits per heavy atom. The molecule has 2 aliphatic heterocycles. The number of nitrogens with zero attached hydrogens (tertiary/aromatic N) is 7. The quantitative estimate of drug-likeness (QED) is 0.625. The van der Waals surface area contributed by atoms with Crippen LogP contribution < -0.4 is 9.80 Å². The van der Waals surface area contributed by atoms with Crippen LogP contribution >= 0.6 is 0 Å². The van der Waals surface area contributed by atoms with Crippen molar-refractivity contribution in [3.05, 3.63) is 60.4 Å². The monoisotopic (exact) mass is 431 g/mol. The van der Waals surface area contributed by atoms with E-state index in [-0.39, 0.29) is 24.2 Å². The Morgan fingerprint density at radius 2 is 1.66 bits per heavy atom. The first-order chi connectivity index (χ1) is 15.6. The summed E-state index contributed by atoms with van der Waals surface area (Å²) in [6.45, 7) is 4.96. The predicted octanol–water partition coefficient (Wildman–Crippen LogP) is 1.67. The predicted molar refractivity (Wildman–Crippen MR) is 120 cm³/mol. The maximum absolute atomic E-state index is 13.1. The maximum atomic E-state index is 13.1. The maximum Gasteiger partial charge on any atom is 0.228 e. The van der Waals surface area contributed by atoms with Crippen LogP contribution in [-0.4, -0.2) is 69.4 Å². The summed E-state index contributed by atoms with van der Waals surface area (Å²) in [7, 11) is 0. The molecule has 1 atom stereocenters. The second-order valence-electron chi connectivity index (χ2n) is 8.20. The van der Waals surface area contributed by atoms with Crippen molar-refractivity contribution in [2.45, 2.75) is 13.3 Å². The third-order valence-corrected chi connectivity index (χ3v) is 6.05.